The molecule has 2 saturated carbocycles. The summed E-state index contributed by atoms with van der Waals surface area (Å²) in [5, 5.41) is 13.9. The number of pyridine rings is 1. The predicted octanol–water partition coefficient (Wildman–Crippen LogP) is 3.76. The minimum absolute atomic E-state index is 0.425. The fourth-order valence-electron chi connectivity index (χ4n) is 5.92. The molecular formula is C23H29N5O2. The third-order valence-corrected chi connectivity index (χ3v) is 7.72. The molecule has 0 amide bonds. The van der Waals surface area contributed by atoms with Gasteiger partial charge in [0, 0.05) is 18.5 Å². The van der Waals surface area contributed by atoms with Crippen molar-refractivity contribution in [3.05, 3.63) is 35.7 Å². The van der Waals surface area contributed by atoms with Crippen molar-refractivity contribution in [2.24, 2.45) is 5.41 Å². The molecule has 158 valence electrons. The van der Waals surface area contributed by atoms with Gasteiger partial charge in [-0.3, -0.25) is 9.88 Å². The largest absolute Gasteiger partial charge is 0.495 e. The van der Waals surface area contributed by atoms with Crippen LogP contribution in [0.25, 0.3) is 0 Å². The molecule has 1 spiro atoms. The number of nitriles is 1. The Bertz CT molecular complexity index is 933. The minimum Gasteiger partial charge on any atom is -0.495 e. The molecule has 0 bridgehead atoms. The highest BCUT2D eigenvalue weighted by Gasteiger charge is 2.52. The van der Waals surface area contributed by atoms with E-state index >= 15 is 0 Å². The van der Waals surface area contributed by atoms with Gasteiger partial charge in [0.15, 0.2) is 5.82 Å². The molecule has 7 nitrogen and oxygen atoms in total. The summed E-state index contributed by atoms with van der Waals surface area (Å²) in [7, 11) is 1.64. The number of likely N-dealkylation sites (tertiary alicyclic amines) is 1. The summed E-state index contributed by atoms with van der Waals surface area (Å²) in [5.41, 5.74) is 0.852. The van der Waals surface area contributed by atoms with Crippen LogP contribution in [0.15, 0.2) is 22.9 Å². The van der Waals surface area contributed by atoms with Gasteiger partial charge in [0.25, 0.3) is 0 Å². The Balaban J connectivity index is 1.19. The van der Waals surface area contributed by atoms with Gasteiger partial charge in [0.1, 0.15) is 5.75 Å². The van der Waals surface area contributed by atoms with Gasteiger partial charge in [-0.1, -0.05) is 5.16 Å². The molecule has 0 radical (unpaired) electrons. The van der Waals surface area contributed by atoms with Crippen molar-refractivity contribution in [3.63, 3.8) is 0 Å². The zero-order chi connectivity index (χ0) is 20.8. The lowest BCUT2D eigenvalue weighted by atomic mass is 9.61. The number of nitrogens with zero attached hydrogens (tertiary/aromatic N) is 5. The Kier molecular flexibility index (Phi) is 4.78. The molecule has 2 aromatic rings. The van der Waals surface area contributed by atoms with Crippen molar-refractivity contribution in [2.45, 2.75) is 69.2 Å². The van der Waals surface area contributed by atoms with E-state index in [9.17, 15) is 5.26 Å². The third kappa shape index (κ3) is 3.27. The lowest BCUT2D eigenvalue weighted by Crippen LogP contribution is -2.44. The first-order chi connectivity index (χ1) is 14.5. The van der Waals surface area contributed by atoms with Crippen molar-refractivity contribution in [1.29, 1.82) is 5.26 Å². The number of aromatic nitrogens is 3. The quantitative estimate of drug-likeness (QED) is 0.762. The fraction of sp³-hybridized carbons (Fsp3) is 0.652. The summed E-state index contributed by atoms with van der Waals surface area (Å²) in [6, 6.07) is 7.05. The number of hydrogen-bond acceptors (Lipinski definition) is 7. The molecular weight excluding hydrogens is 378 g/mol. The van der Waals surface area contributed by atoms with Crippen LogP contribution in [-0.4, -0.2) is 46.3 Å². The average Bonchev–Trinajstić information content (AvgIpc) is 3.39. The number of ether oxygens (including phenoxy) is 1. The second-order valence-electron chi connectivity index (χ2n) is 9.51. The van der Waals surface area contributed by atoms with Gasteiger partial charge in [0.2, 0.25) is 5.89 Å². The highest BCUT2D eigenvalue weighted by atomic mass is 16.5. The lowest BCUT2D eigenvalue weighted by Gasteiger charge is -2.45. The summed E-state index contributed by atoms with van der Waals surface area (Å²) < 4.78 is 10.6. The van der Waals surface area contributed by atoms with E-state index < -0.39 is 5.41 Å². The normalized spacial score (nSPS) is 33.9. The van der Waals surface area contributed by atoms with Crippen LogP contribution in [0.1, 0.15) is 68.3 Å². The van der Waals surface area contributed by atoms with Gasteiger partial charge in [-0.15, -0.1) is 0 Å². The summed E-state index contributed by atoms with van der Waals surface area (Å²) >= 11 is 0. The average molecular weight is 408 g/mol. The molecule has 5 rings (SSSR count). The SMILES string of the molecule is COc1ccc(C2(C#N)CCC(N3CCC4(CC(c5nc(C)no5)C4)C3)CC2)nc1. The number of rotatable bonds is 4. The van der Waals surface area contributed by atoms with E-state index in [4.69, 9.17) is 9.26 Å². The maximum absolute atomic E-state index is 9.99. The van der Waals surface area contributed by atoms with E-state index in [1.807, 2.05) is 19.1 Å². The van der Waals surface area contributed by atoms with E-state index in [1.54, 1.807) is 13.3 Å². The highest BCUT2D eigenvalue weighted by Crippen LogP contribution is 2.56. The Hall–Kier alpha value is -2.46. The van der Waals surface area contributed by atoms with Gasteiger partial charge >= 0.3 is 0 Å². The van der Waals surface area contributed by atoms with Crippen LogP contribution in [0, 0.1) is 23.7 Å². The van der Waals surface area contributed by atoms with Crippen molar-refractivity contribution >= 4 is 0 Å². The molecule has 3 heterocycles. The molecule has 3 aliphatic rings. The smallest absolute Gasteiger partial charge is 0.229 e. The molecule has 2 aromatic heterocycles. The maximum atomic E-state index is 9.99. The van der Waals surface area contributed by atoms with E-state index in [-0.39, 0.29) is 0 Å². The third-order valence-electron chi connectivity index (χ3n) is 7.72. The van der Waals surface area contributed by atoms with E-state index in [1.165, 1.54) is 19.5 Å². The molecule has 0 aromatic carbocycles. The van der Waals surface area contributed by atoms with Crippen LogP contribution in [-0.2, 0) is 5.41 Å². The summed E-state index contributed by atoms with van der Waals surface area (Å²) in [5.74, 6) is 2.72. The van der Waals surface area contributed by atoms with Gasteiger partial charge < -0.3 is 9.26 Å². The van der Waals surface area contributed by atoms with Crippen molar-refractivity contribution in [3.8, 4) is 11.8 Å². The Morgan fingerprint density at radius 3 is 2.63 bits per heavy atom. The first-order valence-corrected chi connectivity index (χ1v) is 11.0. The standard InChI is InChI=1S/C23H29N5O2/c1-16-26-21(30-27-16)17-11-22(12-17)9-10-28(15-22)18-5-7-23(14-24,8-6-18)20-4-3-19(29-2)13-25-20/h3-4,13,17-18H,5-12,15H2,1-2H3. The van der Waals surface area contributed by atoms with Crippen LogP contribution in [0.2, 0.25) is 0 Å². The first-order valence-electron chi connectivity index (χ1n) is 11.0. The van der Waals surface area contributed by atoms with Crippen LogP contribution in [0.3, 0.4) is 0 Å². The molecule has 0 atom stereocenters. The molecule has 0 N–H and O–H groups in total. The molecule has 30 heavy (non-hydrogen) atoms. The molecule has 3 fully saturated rings. The van der Waals surface area contributed by atoms with E-state index in [2.05, 4.69) is 26.1 Å². The van der Waals surface area contributed by atoms with Crippen LogP contribution in [0.5, 0.6) is 5.75 Å². The van der Waals surface area contributed by atoms with Crippen LogP contribution < -0.4 is 4.74 Å². The monoisotopic (exact) mass is 407 g/mol. The van der Waals surface area contributed by atoms with Crippen molar-refractivity contribution < 1.29 is 9.26 Å². The molecule has 7 heteroatoms. The molecule has 2 aliphatic carbocycles. The Morgan fingerprint density at radius 1 is 1.23 bits per heavy atom. The lowest BCUT2D eigenvalue weighted by molar-refractivity contribution is 0.0722. The Labute approximate surface area is 177 Å². The van der Waals surface area contributed by atoms with Gasteiger partial charge in [-0.05, 0) is 76.0 Å². The topological polar surface area (TPSA) is 88.1 Å². The molecule has 1 saturated heterocycles. The minimum atomic E-state index is -0.461. The number of aryl methyl sites for hydroxylation is 1. The zero-order valence-corrected chi connectivity index (χ0v) is 17.8. The maximum Gasteiger partial charge on any atom is 0.229 e. The fourth-order valence-corrected chi connectivity index (χ4v) is 5.92. The van der Waals surface area contributed by atoms with Gasteiger partial charge in [-0.2, -0.15) is 10.2 Å². The Morgan fingerprint density at radius 2 is 2.03 bits per heavy atom. The summed E-state index contributed by atoms with van der Waals surface area (Å²) in [6.07, 6.45) is 9.18. The van der Waals surface area contributed by atoms with Crippen molar-refractivity contribution in [2.75, 3.05) is 20.2 Å². The van der Waals surface area contributed by atoms with E-state index in [0.29, 0.717) is 17.4 Å². The van der Waals surface area contributed by atoms with Crippen LogP contribution >= 0.6 is 0 Å². The zero-order valence-electron chi connectivity index (χ0n) is 17.8. The summed E-state index contributed by atoms with van der Waals surface area (Å²) in [6.45, 7) is 4.22. The van der Waals surface area contributed by atoms with Crippen molar-refractivity contribution in [1.82, 2.24) is 20.0 Å². The first kappa shape index (κ1) is 19.5. The second-order valence-corrected chi connectivity index (χ2v) is 9.51. The van der Waals surface area contributed by atoms with E-state index in [0.717, 1.165) is 61.7 Å². The number of hydrogen-bond donors (Lipinski definition) is 0. The molecule has 0 unspecified atom stereocenters. The van der Waals surface area contributed by atoms with Crippen LogP contribution in [0.4, 0.5) is 0 Å². The predicted molar refractivity (Wildman–Crippen MR) is 110 cm³/mol. The number of methoxy groups -OCH3 is 1. The summed E-state index contributed by atoms with van der Waals surface area (Å²) in [4.78, 5) is 11.6. The highest BCUT2D eigenvalue weighted by molar-refractivity contribution is 5.31. The molecule has 1 aliphatic heterocycles. The van der Waals surface area contributed by atoms with Gasteiger partial charge in [-0.25, -0.2) is 0 Å². The van der Waals surface area contributed by atoms with Gasteiger partial charge in [0.05, 0.1) is 30.5 Å². The second kappa shape index (κ2) is 7.35.